The molecule has 2 atom stereocenters. The molecule has 1 saturated heterocycles. The Labute approximate surface area is 129 Å². The maximum Gasteiger partial charge on any atom is 0.411 e. The number of hydrogen-bond donors (Lipinski definition) is 1. The molecule has 22 heavy (non-hydrogen) atoms. The Morgan fingerprint density at radius 3 is 2.68 bits per heavy atom. The van der Waals surface area contributed by atoms with Crippen LogP contribution in [0, 0.1) is 6.92 Å². The number of likely N-dealkylation sites (tertiary alicyclic amines) is 1. The van der Waals surface area contributed by atoms with Crippen LogP contribution in [-0.2, 0) is 9.53 Å². The molecule has 2 fully saturated rings. The molecule has 2 aliphatic rings. The highest BCUT2D eigenvalue weighted by Gasteiger charge is 2.44. The lowest BCUT2D eigenvalue weighted by atomic mass is 10.1. The Bertz CT molecular complexity index is 564. The predicted molar refractivity (Wildman–Crippen MR) is 79.2 cm³/mol. The van der Waals surface area contributed by atoms with Crippen molar-refractivity contribution in [3.05, 3.63) is 23.7 Å². The van der Waals surface area contributed by atoms with Gasteiger partial charge in [-0.2, -0.15) is 0 Å². The summed E-state index contributed by atoms with van der Waals surface area (Å²) in [6.07, 6.45) is 2.93. The maximum absolute atomic E-state index is 12.4. The first-order valence-corrected chi connectivity index (χ1v) is 7.92. The van der Waals surface area contributed by atoms with Crippen LogP contribution in [0.5, 0.6) is 0 Å². The number of hydrogen-bond acceptors (Lipinski definition) is 4. The number of aryl methyl sites for hydroxylation is 1. The molecule has 3 rings (SSSR count). The second-order valence-electron chi connectivity index (χ2n) is 5.95. The van der Waals surface area contributed by atoms with Crippen LogP contribution in [0.15, 0.2) is 16.5 Å². The van der Waals surface area contributed by atoms with Crippen molar-refractivity contribution >= 4 is 12.0 Å². The average Bonchev–Trinajstić information content (AvgIpc) is 3.01. The summed E-state index contributed by atoms with van der Waals surface area (Å²) < 4.78 is 10.8. The number of carbonyl (C=O) groups is 2. The molecular weight excluding hydrogens is 284 g/mol. The molecule has 2 amide bonds. The fraction of sp³-hybridized carbons (Fsp3) is 0.625. The highest BCUT2D eigenvalue weighted by molar-refractivity contribution is 5.86. The summed E-state index contributed by atoms with van der Waals surface area (Å²) in [6.45, 7) is 3.92. The molecule has 1 aromatic heterocycles. The van der Waals surface area contributed by atoms with Crippen LogP contribution in [0.1, 0.15) is 50.2 Å². The van der Waals surface area contributed by atoms with Gasteiger partial charge in [0.2, 0.25) is 5.91 Å². The number of furan rings is 1. The molecule has 0 spiro atoms. The number of nitrogens with one attached hydrogen (secondary N) is 1. The normalized spacial score (nSPS) is 24.4. The van der Waals surface area contributed by atoms with E-state index in [0.29, 0.717) is 18.6 Å². The zero-order valence-electron chi connectivity index (χ0n) is 13.0. The molecular formula is C16H22N2O4. The Morgan fingerprint density at radius 1 is 1.32 bits per heavy atom. The number of ether oxygens (including phenoxy) is 1. The first kappa shape index (κ1) is 14.9. The van der Waals surface area contributed by atoms with E-state index in [1.165, 1.54) is 0 Å². The van der Waals surface area contributed by atoms with Crippen LogP contribution >= 0.6 is 0 Å². The molecule has 0 aromatic carbocycles. The van der Waals surface area contributed by atoms with E-state index < -0.39 is 12.1 Å². The van der Waals surface area contributed by atoms with Gasteiger partial charge >= 0.3 is 6.09 Å². The number of nitrogens with zero attached hydrogens (tertiary/aromatic N) is 1. The summed E-state index contributed by atoms with van der Waals surface area (Å²) in [5.41, 5.74) is 0. The van der Waals surface area contributed by atoms with Crippen molar-refractivity contribution in [3.63, 3.8) is 0 Å². The molecule has 120 valence electrons. The standard InChI is InChI=1S/C16H22N2O4/c1-3-21-16(20)18-12(14-9-4-10(2)22-14)7-8-13(18)15(19)17-11-5-6-11/h4,9,11-13H,3,5-8H2,1-2H3,(H,17,19)/t12-,13-/m1/s1. The van der Waals surface area contributed by atoms with E-state index in [-0.39, 0.29) is 24.6 Å². The number of carbonyl (C=O) groups excluding carboxylic acids is 2. The van der Waals surface area contributed by atoms with Gasteiger partial charge in [0.25, 0.3) is 0 Å². The molecule has 0 unspecified atom stereocenters. The average molecular weight is 306 g/mol. The molecule has 6 nitrogen and oxygen atoms in total. The summed E-state index contributed by atoms with van der Waals surface area (Å²) in [4.78, 5) is 26.3. The van der Waals surface area contributed by atoms with Gasteiger partial charge in [0, 0.05) is 6.04 Å². The van der Waals surface area contributed by atoms with Gasteiger partial charge in [-0.3, -0.25) is 9.69 Å². The molecule has 0 radical (unpaired) electrons. The van der Waals surface area contributed by atoms with Crippen molar-refractivity contribution in [2.24, 2.45) is 0 Å². The molecule has 6 heteroatoms. The third-order valence-electron chi connectivity index (χ3n) is 4.18. The second kappa shape index (κ2) is 6.02. The summed E-state index contributed by atoms with van der Waals surface area (Å²) in [6, 6.07) is 3.31. The van der Waals surface area contributed by atoms with E-state index in [9.17, 15) is 9.59 Å². The van der Waals surface area contributed by atoms with Crippen LogP contribution in [0.2, 0.25) is 0 Å². The monoisotopic (exact) mass is 306 g/mol. The van der Waals surface area contributed by atoms with Gasteiger partial charge in [0.05, 0.1) is 12.6 Å². The van der Waals surface area contributed by atoms with Crippen LogP contribution in [0.4, 0.5) is 4.79 Å². The predicted octanol–water partition coefficient (Wildman–Crippen LogP) is 2.53. The summed E-state index contributed by atoms with van der Waals surface area (Å²) in [5.74, 6) is 1.43. The molecule has 1 aliphatic carbocycles. The van der Waals surface area contributed by atoms with E-state index in [1.807, 2.05) is 19.1 Å². The lowest BCUT2D eigenvalue weighted by molar-refractivity contribution is -0.125. The minimum atomic E-state index is -0.477. The van der Waals surface area contributed by atoms with Crippen LogP contribution < -0.4 is 5.32 Å². The molecule has 0 bridgehead atoms. The van der Waals surface area contributed by atoms with E-state index >= 15 is 0 Å². The second-order valence-corrected chi connectivity index (χ2v) is 5.95. The van der Waals surface area contributed by atoms with Gasteiger partial charge in [0.15, 0.2) is 0 Å². The third kappa shape index (κ3) is 2.96. The van der Waals surface area contributed by atoms with Crippen molar-refractivity contribution in [1.82, 2.24) is 10.2 Å². The zero-order valence-corrected chi connectivity index (χ0v) is 13.0. The molecule has 2 heterocycles. The Morgan fingerprint density at radius 2 is 2.09 bits per heavy atom. The van der Waals surface area contributed by atoms with E-state index in [2.05, 4.69) is 5.32 Å². The maximum atomic E-state index is 12.4. The van der Waals surface area contributed by atoms with Crippen molar-refractivity contribution in [2.45, 2.75) is 57.7 Å². The SMILES string of the molecule is CCOC(=O)N1[C@@H](C(=O)NC2CC2)CC[C@@H]1c1ccc(C)o1. The number of amides is 2. The smallest absolute Gasteiger partial charge is 0.411 e. The zero-order chi connectivity index (χ0) is 15.7. The summed E-state index contributed by atoms with van der Waals surface area (Å²) in [5, 5.41) is 2.98. The largest absolute Gasteiger partial charge is 0.464 e. The third-order valence-corrected chi connectivity index (χ3v) is 4.18. The van der Waals surface area contributed by atoms with Crippen LogP contribution in [-0.4, -0.2) is 35.6 Å². The first-order chi connectivity index (χ1) is 10.6. The van der Waals surface area contributed by atoms with Crippen molar-refractivity contribution < 1.29 is 18.7 Å². The Balaban J connectivity index is 1.80. The van der Waals surface area contributed by atoms with Gasteiger partial charge < -0.3 is 14.5 Å². The van der Waals surface area contributed by atoms with E-state index in [0.717, 1.165) is 18.6 Å². The van der Waals surface area contributed by atoms with Gasteiger partial charge in [-0.05, 0) is 51.7 Å². The molecule has 1 aromatic rings. The molecule has 1 saturated carbocycles. The van der Waals surface area contributed by atoms with E-state index in [1.54, 1.807) is 11.8 Å². The highest BCUT2D eigenvalue weighted by Crippen LogP contribution is 2.38. The summed E-state index contributed by atoms with van der Waals surface area (Å²) in [7, 11) is 0. The highest BCUT2D eigenvalue weighted by atomic mass is 16.6. The quantitative estimate of drug-likeness (QED) is 0.928. The summed E-state index contributed by atoms with van der Waals surface area (Å²) >= 11 is 0. The van der Waals surface area contributed by atoms with Crippen molar-refractivity contribution in [2.75, 3.05) is 6.61 Å². The van der Waals surface area contributed by atoms with Crippen molar-refractivity contribution in [1.29, 1.82) is 0 Å². The minimum Gasteiger partial charge on any atom is -0.464 e. The van der Waals surface area contributed by atoms with Gasteiger partial charge in [-0.15, -0.1) is 0 Å². The van der Waals surface area contributed by atoms with Crippen LogP contribution in [0.25, 0.3) is 0 Å². The minimum absolute atomic E-state index is 0.0821. The molecule has 1 aliphatic heterocycles. The fourth-order valence-electron chi connectivity index (χ4n) is 2.96. The van der Waals surface area contributed by atoms with Gasteiger partial charge in [0.1, 0.15) is 17.6 Å². The van der Waals surface area contributed by atoms with E-state index in [4.69, 9.17) is 9.15 Å². The lowest BCUT2D eigenvalue weighted by Crippen LogP contribution is -2.47. The lowest BCUT2D eigenvalue weighted by Gasteiger charge is -2.27. The fourth-order valence-corrected chi connectivity index (χ4v) is 2.96. The Kier molecular flexibility index (Phi) is 4.09. The molecule has 1 N–H and O–H groups in total. The van der Waals surface area contributed by atoms with Crippen molar-refractivity contribution in [3.8, 4) is 0 Å². The first-order valence-electron chi connectivity index (χ1n) is 7.92. The topological polar surface area (TPSA) is 71.8 Å². The Hall–Kier alpha value is -1.98. The van der Waals surface area contributed by atoms with Gasteiger partial charge in [-0.25, -0.2) is 4.79 Å². The van der Waals surface area contributed by atoms with Crippen LogP contribution in [0.3, 0.4) is 0 Å². The number of rotatable bonds is 4. The van der Waals surface area contributed by atoms with Gasteiger partial charge in [-0.1, -0.05) is 0 Å².